The molecule has 0 unspecified atom stereocenters. The van der Waals surface area contributed by atoms with Gasteiger partial charge in [-0.05, 0) is 32.9 Å². The van der Waals surface area contributed by atoms with Crippen LogP contribution < -0.4 is 0 Å². The van der Waals surface area contributed by atoms with E-state index in [0.29, 0.717) is 5.56 Å². The maximum absolute atomic E-state index is 12.1. The predicted molar refractivity (Wildman–Crippen MR) is 65.3 cm³/mol. The summed E-state index contributed by atoms with van der Waals surface area (Å²) in [7, 11) is -3.99. The quantitative estimate of drug-likeness (QED) is 0.838. The Bertz CT molecular complexity index is 581. The van der Waals surface area contributed by atoms with E-state index in [4.69, 9.17) is 5.11 Å². The van der Waals surface area contributed by atoms with Gasteiger partial charge in [0.15, 0.2) is 20.4 Å². The van der Waals surface area contributed by atoms with Gasteiger partial charge in [0.2, 0.25) is 0 Å². The zero-order chi connectivity index (χ0) is 14.1. The van der Waals surface area contributed by atoms with Gasteiger partial charge in [-0.1, -0.05) is 12.1 Å². The molecule has 0 fully saturated rings. The summed E-state index contributed by atoms with van der Waals surface area (Å²) in [5.41, 5.74) is 0.377. The van der Waals surface area contributed by atoms with Crippen LogP contribution in [0.3, 0.4) is 0 Å². The van der Waals surface area contributed by atoms with Crippen LogP contribution in [0.4, 0.5) is 0 Å². The highest BCUT2D eigenvalue weighted by molar-refractivity contribution is 7.93. The molecule has 0 aliphatic heterocycles. The Balaban J connectivity index is 3.30. The summed E-state index contributed by atoms with van der Waals surface area (Å²) in [5.74, 6) is -1.60. The van der Waals surface area contributed by atoms with E-state index in [1.165, 1.54) is 31.2 Å². The van der Waals surface area contributed by atoms with Gasteiger partial charge in [0, 0.05) is 5.56 Å². The van der Waals surface area contributed by atoms with Gasteiger partial charge >= 0.3 is 5.97 Å². The van der Waals surface area contributed by atoms with Crippen molar-refractivity contribution < 1.29 is 23.1 Å². The zero-order valence-electron chi connectivity index (χ0n) is 10.3. The van der Waals surface area contributed by atoms with Crippen molar-refractivity contribution in [1.29, 1.82) is 0 Å². The number of sulfone groups is 1. The lowest BCUT2D eigenvalue weighted by molar-refractivity contribution is -0.139. The smallest absolute Gasteiger partial charge is 0.324 e. The van der Waals surface area contributed by atoms with Gasteiger partial charge in [0.25, 0.3) is 0 Å². The SMILES string of the molecule is CC(=O)c1ccc(S(=O)(=O)C(C)(C)C(=O)O)cc1. The lowest BCUT2D eigenvalue weighted by Gasteiger charge is -2.19. The van der Waals surface area contributed by atoms with E-state index in [1.807, 2.05) is 0 Å². The summed E-state index contributed by atoms with van der Waals surface area (Å²) < 4.78 is 22.3. The maximum atomic E-state index is 12.1. The Morgan fingerprint density at radius 1 is 1.11 bits per heavy atom. The van der Waals surface area contributed by atoms with E-state index in [2.05, 4.69) is 0 Å². The molecule has 0 saturated heterocycles. The molecular weight excluding hydrogens is 256 g/mol. The number of carboxylic acids is 1. The number of hydrogen-bond donors (Lipinski definition) is 1. The second-order valence-electron chi connectivity index (χ2n) is 4.40. The third kappa shape index (κ3) is 2.28. The summed E-state index contributed by atoms with van der Waals surface area (Å²) in [6.45, 7) is 3.62. The number of aliphatic carboxylic acids is 1. The molecule has 6 heteroatoms. The number of ketones is 1. The van der Waals surface area contributed by atoms with Crippen molar-refractivity contribution in [3.05, 3.63) is 29.8 Å². The van der Waals surface area contributed by atoms with Gasteiger partial charge in [-0.2, -0.15) is 0 Å². The maximum Gasteiger partial charge on any atom is 0.324 e. The standard InChI is InChI=1S/C12H14O5S/c1-8(13)9-4-6-10(7-5-9)18(16,17)12(2,3)11(14)15/h4-7H,1-3H3,(H,14,15). The van der Waals surface area contributed by atoms with Crippen molar-refractivity contribution in [2.24, 2.45) is 0 Å². The number of carbonyl (C=O) groups is 2. The molecule has 1 rings (SSSR count). The molecule has 0 saturated carbocycles. The van der Waals surface area contributed by atoms with Crippen molar-refractivity contribution in [3.8, 4) is 0 Å². The normalized spacial score (nSPS) is 12.2. The summed E-state index contributed by atoms with van der Waals surface area (Å²) in [5, 5.41) is 8.95. The molecule has 1 aromatic rings. The van der Waals surface area contributed by atoms with Crippen LogP contribution in [-0.2, 0) is 14.6 Å². The molecule has 0 atom stereocenters. The van der Waals surface area contributed by atoms with Gasteiger partial charge in [-0.25, -0.2) is 8.42 Å². The number of Topliss-reactive ketones (excluding diaryl/α,β-unsaturated/α-hetero) is 1. The second-order valence-corrected chi connectivity index (χ2v) is 6.90. The average Bonchev–Trinajstić information content (AvgIpc) is 2.28. The lowest BCUT2D eigenvalue weighted by atomic mass is 10.2. The molecule has 0 aliphatic rings. The number of rotatable bonds is 4. The Kier molecular flexibility index (Phi) is 3.62. The fourth-order valence-corrected chi connectivity index (χ4v) is 2.59. The molecule has 1 aromatic carbocycles. The Hall–Kier alpha value is -1.69. The van der Waals surface area contributed by atoms with Gasteiger partial charge in [0.1, 0.15) is 0 Å². The molecule has 5 nitrogen and oxygen atoms in total. The van der Waals surface area contributed by atoms with Crippen LogP contribution >= 0.6 is 0 Å². The first-order valence-corrected chi connectivity index (χ1v) is 6.68. The van der Waals surface area contributed by atoms with E-state index in [0.717, 1.165) is 13.8 Å². The summed E-state index contributed by atoms with van der Waals surface area (Å²) >= 11 is 0. The Morgan fingerprint density at radius 2 is 1.56 bits per heavy atom. The Labute approximate surface area is 105 Å². The van der Waals surface area contributed by atoms with Crippen LogP contribution in [-0.4, -0.2) is 30.0 Å². The summed E-state index contributed by atoms with van der Waals surface area (Å²) in [6.07, 6.45) is 0. The second kappa shape index (κ2) is 4.53. The zero-order valence-corrected chi connectivity index (χ0v) is 11.1. The first-order chi connectivity index (χ1) is 8.10. The largest absolute Gasteiger partial charge is 0.480 e. The van der Waals surface area contributed by atoms with Gasteiger partial charge in [-0.15, -0.1) is 0 Å². The molecule has 0 heterocycles. The highest BCUT2D eigenvalue weighted by atomic mass is 32.2. The number of hydrogen-bond acceptors (Lipinski definition) is 4. The molecule has 0 bridgehead atoms. The van der Waals surface area contributed by atoms with Crippen molar-refractivity contribution in [1.82, 2.24) is 0 Å². The molecule has 98 valence electrons. The van der Waals surface area contributed by atoms with Gasteiger partial charge in [0.05, 0.1) is 4.90 Å². The minimum Gasteiger partial charge on any atom is -0.480 e. The average molecular weight is 270 g/mol. The number of carbonyl (C=O) groups excluding carboxylic acids is 1. The Morgan fingerprint density at radius 3 is 1.89 bits per heavy atom. The van der Waals surface area contributed by atoms with Crippen molar-refractivity contribution in [2.45, 2.75) is 30.4 Å². The van der Waals surface area contributed by atoms with E-state index in [-0.39, 0.29) is 10.7 Å². The van der Waals surface area contributed by atoms with Crippen LogP contribution in [0.25, 0.3) is 0 Å². The fourth-order valence-electron chi connectivity index (χ4n) is 1.28. The molecular formula is C12H14O5S. The topological polar surface area (TPSA) is 88.5 Å². The van der Waals surface area contributed by atoms with Crippen molar-refractivity contribution in [2.75, 3.05) is 0 Å². The van der Waals surface area contributed by atoms with Gasteiger partial charge < -0.3 is 5.11 Å². The molecule has 18 heavy (non-hydrogen) atoms. The molecule has 0 radical (unpaired) electrons. The van der Waals surface area contributed by atoms with Crippen LogP contribution in [0.2, 0.25) is 0 Å². The molecule has 0 aromatic heterocycles. The van der Waals surface area contributed by atoms with Crippen LogP contribution in [0.5, 0.6) is 0 Å². The van der Waals surface area contributed by atoms with Crippen LogP contribution in [0.15, 0.2) is 29.2 Å². The van der Waals surface area contributed by atoms with E-state index < -0.39 is 20.6 Å². The first-order valence-electron chi connectivity index (χ1n) is 5.19. The minimum absolute atomic E-state index is 0.111. The van der Waals surface area contributed by atoms with Gasteiger partial charge in [-0.3, -0.25) is 9.59 Å². The van der Waals surface area contributed by atoms with Crippen molar-refractivity contribution in [3.63, 3.8) is 0 Å². The van der Waals surface area contributed by atoms with Crippen LogP contribution in [0.1, 0.15) is 31.1 Å². The van der Waals surface area contributed by atoms with E-state index in [1.54, 1.807) is 0 Å². The number of carboxylic acid groups (broad SMARTS) is 1. The monoisotopic (exact) mass is 270 g/mol. The first kappa shape index (κ1) is 14.4. The minimum atomic E-state index is -3.99. The predicted octanol–water partition coefficient (Wildman–Crippen LogP) is 1.53. The molecule has 0 amide bonds. The van der Waals surface area contributed by atoms with E-state index in [9.17, 15) is 18.0 Å². The highest BCUT2D eigenvalue weighted by Crippen LogP contribution is 2.25. The third-order valence-electron chi connectivity index (χ3n) is 2.76. The van der Waals surface area contributed by atoms with Crippen molar-refractivity contribution >= 4 is 21.6 Å². The lowest BCUT2D eigenvalue weighted by Crippen LogP contribution is -2.40. The number of benzene rings is 1. The molecule has 1 N–H and O–H groups in total. The third-order valence-corrected chi connectivity index (χ3v) is 5.17. The summed E-state index contributed by atoms with van der Waals surface area (Å²) in [4.78, 5) is 21.9. The molecule has 0 spiro atoms. The summed E-state index contributed by atoms with van der Waals surface area (Å²) in [6, 6.07) is 5.23. The van der Waals surface area contributed by atoms with E-state index >= 15 is 0 Å². The highest BCUT2D eigenvalue weighted by Gasteiger charge is 2.42. The van der Waals surface area contributed by atoms with Crippen LogP contribution in [0, 0.1) is 0 Å². The fraction of sp³-hybridized carbons (Fsp3) is 0.333. The molecule has 0 aliphatic carbocycles.